The molecule has 0 radical (unpaired) electrons. The number of hydrogen-bond donors (Lipinski definition) is 2. The number of ether oxygens (including phenoxy) is 2. The van der Waals surface area contributed by atoms with E-state index in [0.29, 0.717) is 19.8 Å². The lowest BCUT2D eigenvalue weighted by atomic mass is 10.1. The smallest absolute Gasteiger partial charge is 0.0897 e. The molecule has 1 aliphatic heterocycles. The van der Waals surface area contributed by atoms with Crippen molar-refractivity contribution in [1.82, 2.24) is 5.32 Å². The first-order valence-electron chi connectivity index (χ1n) is 7.51. The Balaban J connectivity index is 1.62. The molecule has 0 aromatic heterocycles. The molecular weight excluding hydrogens is 334 g/mol. The van der Waals surface area contributed by atoms with Crippen LogP contribution >= 0.6 is 15.9 Å². The van der Waals surface area contributed by atoms with Crippen molar-refractivity contribution in [3.05, 3.63) is 34.3 Å². The normalized spacial score (nSPS) is 21.4. The van der Waals surface area contributed by atoms with Crippen molar-refractivity contribution < 1.29 is 14.6 Å². The Kier molecular flexibility index (Phi) is 7.13. The quantitative estimate of drug-likeness (QED) is 0.750. The van der Waals surface area contributed by atoms with Crippen molar-refractivity contribution >= 4 is 15.9 Å². The minimum absolute atomic E-state index is 0.190. The summed E-state index contributed by atoms with van der Waals surface area (Å²) in [5, 5.41) is 13.3. The van der Waals surface area contributed by atoms with E-state index >= 15 is 0 Å². The lowest BCUT2D eigenvalue weighted by molar-refractivity contribution is -0.0168. The van der Waals surface area contributed by atoms with Gasteiger partial charge in [-0.15, -0.1) is 0 Å². The Hall–Kier alpha value is -0.460. The Bertz CT molecular complexity index is 424. The number of hydrogen-bond acceptors (Lipinski definition) is 4. The number of nitrogens with one attached hydrogen (secondary N) is 1. The van der Waals surface area contributed by atoms with Crippen molar-refractivity contribution in [2.45, 2.75) is 38.0 Å². The summed E-state index contributed by atoms with van der Waals surface area (Å²) in [5.74, 6) is 0. The van der Waals surface area contributed by atoms with Gasteiger partial charge in [0.15, 0.2) is 0 Å². The van der Waals surface area contributed by atoms with Crippen molar-refractivity contribution in [3.8, 4) is 0 Å². The molecule has 0 aliphatic carbocycles. The Morgan fingerprint density at radius 2 is 2.38 bits per heavy atom. The summed E-state index contributed by atoms with van der Waals surface area (Å²) < 4.78 is 12.1. The summed E-state index contributed by atoms with van der Waals surface area (Å²) in [4.78, 5) is 0. The van der Waals surface area contributed by atoms with Gasteiger partial charge in [0.05, 0.1) is 25.4 Å². The van der Waals surface area contributed by atoms with Gasteiger partial charge < -0.3 is 19.9 Å². The van der Waals surface area contributed by atoms with Crippen LogP contribution in [0.4, 0.5) is 0 Å². The van der Waals surface area contributed by atoms with Crippen LogP contribution in [0.5, 0.6) is 0 Å². The number of aliphatic hydroxyl groups excluding tert-OH is 1. The van der Waals surface area contributed by atoms with E-state index < -0.39 is 6.10 Å². The third-order valence-electron chi connectivity index (χ3n) is 3.65. The maximum Gasteiger partial charge on any atom is 0.0897 e. The van der Waals surface area contributed by atoms with Crippen LogP contribution in [0.15, 0.2) is 28.7 Å². The molecule has 1 aromatic rings. The molecule has 5 heteroatoms. The molecule has 0 bridgehead atoms. The summed E-state index contributed by atoms with van der Waals surface area (Å²) in [6, 6.07) is 8.36. The van der Waals surface area contributed by atoms with E-state index in [1.165, 1.54) is 5.56 Å². The summed E-state index contributed by atoms with van der Waals surface area (Å²) in [6.07, 6.45) is 1.89. The van der Waals surface area contributed by atoms with E-state index in [0.717, 1.165) is 23.9 Å². The van der Waals surface area contributed by atoms with Crippen molar-refractivity contribution in [2.24, 2.45) is 0 Å². The standard InChI is InChI=1S/C16H24BrNO3/c1-12(13-4-2-5-14(17)8-13)18-9-15(19)10-20-11-16-6-3-7-21-16/h2,4-5,8,12,15-16,18-19H,3,6-7,9-11H2,1H3. The van der Waals surface area contributed by atoms with Crippen LogP contribution in [0.1, 0.15) is 31.4 Å². The fourth-order valence-electron chi connectivity index (χ4n) is 2.38. The van der Waals surface area contributed by atoms with Crippen LogP contribution in [0.2, 0.25) is 0 Å². The SMILES string of the molecule is CC(NCC(O)COCC1CCCO1)c1cccc(Br)c1. The van der Waals surface area contributed by atoms with Crippen LogP contribution in [0.3, 0.4) is 0 Å². The zero-order valence-corrected chi connectivity index (χ0v) is 14.0. The van der Waals surface area contributed by atoms with Gasteiger partial charge in [-0.2, -0.15) is 0 Å². The number of aliphatic hydroxyl groups is 1. The Morgan fingerprint density at radius 1 is 1.52 bits per heavy atom. The molecule has 1 heterocycles. The lowest BCUT2D eigenvalue weighted by Gasteiger charge is -2.18. The first-order chi connectivity index (χ1) is 10.1. The second-order valence-electron chi connectivity index (χ2n) is 5.51. The van der Waals surface area contributed by atoms with Gasteiger partial charge in [0.1, 0.15) is 0 Å². The van der Waals surface area contributed by atoms with Gasteiger partial charge in [-0.25, -0.2) is 0 Å². The third kappa shape index (κ3) is 6.04. The molecule has 3 unspecified atom stereocenters. The monoisotopic (exact) mass is 357 g/mol. The highest BCUT2D eigenvalue weighted by Gasteiger charge is 2.16. The molecule has 3 atom stereocenters. The molecule has 1 fully saturated rings. The molecule has 1 aromatic carbocycles. The molecule has 1 saturated heterocycles. The molecule has 2 N–H and O–H groups in total. The summed E-state index contributed by atoms with van der Waals surface area (Å²) in [5.41, 5.74) is 1.19. The average molecular weight is 358 g/mol. The first kappa shape index (κ1) is 16.9. The highest BCUT2D eigenvalue weighted by molar-refractivity contribution is 9.10. The molecule has 21 heavy (non-hydrogen) atoms. The lowest BCUT2D eigenvalue weighted by Crippen LogP contribution is -2.33. The van der Waals surface area contributed by atoms with Gasteiger partial charge in [0.2, 0.25) is 0 Å². The van der Waals surface area contributed by atoms with Crippen LogP contribution in [0.25, 0.3) is 0 Å². The molecule has 4 nitrogen and oxygen atoms in total. The van der Waals surface area contributed by atoms with E-state index in [1.54, 1.807) is 0 Å². The van der Waals surface area contributed by atoms with E-state index in [4.69, 9.17) is 9.47 Å². The molecular formula is C16H24BrNO3. The highest BCUT2D eigenvalue weighted by Crippen LogP contribution is 2.17. The van der Waals surface area contributed by atoms with Crippen molar-refractivity contribution in [1.29, 1.82) is 0 Å². The second kappa shape index (κ2) is 8.86. The minimum Gasteiger partial charge on any atom is -0.389 e. The molecule has 2 rings (SSSR count). The van der Waals surface area contributed by atoms with Crippen LogP contribution < -0.4 is 5.32 Å². The van der Waals surface area contributed by atoms with Crippen molar-refractivity contribution in [2.75, 3.05) is 26.4 Å². The van der Waals surface area contributed by atoms with E-state index in [2.05, 4.69) is 40.3 Å². The third-order valence-corrected chi connectivity index (χ3v) is 4.14. The Labute approximate surface area is 135 Å². The predicted octanol–water partition coefficient (Wildman–Crippen LogP) is 2.66. The molecule has 118 valence electrons. The van der Waals surface area contributed by atoms with Crippen LogP contribution in [-0.4, -0.2) is 43.7 Å². The summed E-state index contributed by atoms with van der Waals surface area (Å²) in [6.45, 7) is 4.36. The molecule has 0 saturated carbocycles. The van der Waals surface area contributed by atoms with Gasteiger partial charge in [-0.05, 0) is 37.5 Å². The van der Waals surface area contributed by atoms with Gasteiger partial charge in [-0.3, -0.25) is 0 Å². The van der Waals surface area contributed by atoms with Crippen molar-refractivity contribution in [3.63, 3.8) is 0 Å². The maximum absolute atomic E-state index is 9.94. The average Bonchev–Trinajstić information content (AvgIpc) is 2.98. The number of benzene rings is 1. The highest BCUT2D eigenvalue weighted by atomic mass is 79.9. The zero-order valence-electron chi connectivity index (χ0n) is 12.4. The predicted molar refractivity (Wildman–Crippen MR) is 86.4 cm³/mol. The molecule has 1 aliphatic rings. The van der Waals surface area contributed by atoms with Crippen LogP contribution in [-0.2, 0) is 9.47 Å². The summed E-state index contributed by atoms with van der Waals surface area (Å²) in [7, 11) is 0. The zero-order chi connectivity index (χ0) is 15.1. The second-order valence-corrected chi connectivity index (χ2v) is 6.43. The van der Waals surface area contributed by atoms with E-state index in [9.17, 15) is 5.11 Å². The largest absolute Gasteiger partial charge is 0.389 e. The fourth-order valence-corrected chi connectivity index (χ4v) is 2.79. The van der Waals surface area contributed by atoms with E-state index in [1.807, 2.05) is 12.1 Å². The Morgan fingerprint density at radius 3 is 3.10 bits per heavy atom. The number of rotatable bonds is 8. The maximum atomic E-state index is 9.94. The molecule has 0 spiro atoms. The summed E-state index contributed by atoms with van der Waals surface area (Å²) >= 11 is 3.47. The fraction of sp³-hybridized carbons (Fsp3) is 0.625. The first-order valence-corrected chi connectivity index (χ1v) is 8.30. The van der Waals surface area contributed by atoms with Gasteiger partial charge in [0, 0.05) is 23.7 Å². The van der Waals surface area contributed by atoms with Gasteiger partial charge in [0.25, 0.3) is 0 Å². The van der Waals surface area contributed by atoms with Gasteiger partial charge >= 0.3 is 0 Å². The number of halogens is 1. The van der Waals surface area contributed by atoms with Gasteiger partial charge in [-0.1, -0.05) is 28.1 Å². The topological polar surface area (TPSA) is 50.7 Å². The van der Waals surface area contributed by atoms with E-state index in [-0.39, 0.29) is 12.1 Å². The van der Waals surface area contributed by atoms with Crippen LogP contribution in [0, 0.1) is 0 Å². The molecule has 0 amide bonds. The minimum atomic E-state index is -0.499.